The van der Waals surface area contributed by atoms with Crippen LogP contribution in [-0.4, -0.2) is 76.2 Å². The molecule has 152 valence electrons. The highest BCUT2D eigenvalue weighted by Crippen LogP contribution is 2.27. The Labute approximate surface area is 160 Å². The van der Waals surface area contributed by atoms with Crippen molar-refractivity contribution in [3.05, 3.63) is 12.7 Å². The van der Waals surface area contributed by atoms with Crippen LogP contribution in [0.5, 0.6) is 0 Å². The molecule has 1 unspecified atom stereocenters. The van der Waals surface area contributed by atoms with Crippen molar-refractivity contribution in [1.29, 1.82) is 0 Å². The molecular formula is C19H31N3O5. The van der Waals surface area contributed by atoms with E-state index in [0.29, 0.717) is 25.9 Å². The van der Waals surface area contributed by atoms with Gasteiger partial charge in [0.05, 0.1) is 19.1 Å². The van der Waals surface area contributed by atoms with Crippen molar-refractivity contribution in [2.75, 3.05) is 26.2 Å². The number of rotatable bonds is 4. The molecule has 0 bridgehead atoms. The maximum absolute atomic E-state index is 12.5. The van der Waals surface area contributed by atoms with Crippen LogP contribution in [0.1, 0.15) is 40.5 Å². The van der Waals surface area contributed by atoms with Crippen molar-refractivity contribution in [3.63, 3.8) is 0 Å². The number of amides is 3. The van der Waals surface area contributed by atoms with Crippen LogP contribution >= 0.6 is 0 Å². The van der Waals surface area contributed by atoms with Crippen LogP contribution < -0.4 is 5.32 Å². The van der Waals surface area contributed by atoms with Crippen LogP contribution in [-0.2, 0) is 14.3 Å². The molecule has 0 aromatic heterocycles. The summed E-state index contributed by atoms with van der Waals surface area (Å²) in [5.74, 6) is -0.433. The molecule has 27 heavy (non-hydrogen) atoms. The summed E-state index contributed by atoms with van der Waals surface area (Å²) in [6, 6.07) is -0.489. The zero-order chi connectivity index (χ0) is 20.4. The zero-order valence-electron chi connectivity index (χ0n) is 16.7. The lowest BCUT2D eigenvalue weighted by Crippen LogP contribution is -2.71. The van der Waals surface area contributed by atoms with E-state index in [1.54, 1.807) is 32.6 Å². The van der Waals surface area contributed by atoms with E-state index in [-0.39, 0.29) is 30.8 Å². The van der Waals surface area contributed by atoms with Crippen LogP contribution in [0.2, 0.25) is 0 Å². The maximum atomic E-state index is 12.5. The van der Waals surface area contributed by atoms with Gasteiger partial charge in [-0.3, -0.25) is 9.59 Å². The Hall–Kier alpha value is -2.09. The molecule has 0 spiro atoms. The number of carbonyl (C=O) groups excluding carboxylic acids is 3. The average molecular weight is 381 g/mol. The predicted molar refractivity (Wildman–Crippen MR) is 99.9 cm³/mol. The number of ether oxygens (including phenoxy) is 1. The molecule has 2 rings (SSSR count). The van der Waals surface area contributed by atoms with Crippen LogP contribution in [0.3, 0.4) is 0 Å². The number of hydrogen-bond acceptors (Lipinski definition) is 5. The molecule has 0 radical (unpaired) electrons. The van der Waals surface area contributed by atoms with Crippen molar-refractivity contribution >= 4 is 17.9 Å². The van der Waals surface area contributed by atoms with E-state index in [1.807, 2.05) is 0 Å². The standard InChI is InChI=1S/C19H31N3O5/c1-6-15(23)21-9-7-14(8-10-21)16(24)20-13(2)19(26)11-22(12-19)17(25)27-18(3,4)5/h6,13-14,26H,1,7-12H2,2-5H3,(H,20,24). The number of nitrogens with zero attached hydrogens (tertiary/aromatic N) is 2. The number of likely N-dealkylation sites (tertiary alicyclic amines) is 2. The number of piperidine rings is 1. The van der Waals surface area contributed by atoms with E-state index in [0.717, 1.165) is 0 Å². The van der Waals surface area contributed by atoms with Gasteiger partial charge in [0.1, 0.15) is 11.2 Å². The van der Waals surface area contributed by atoms with Crippen LogP contribution in [0.25, 0.3) is 0 Å². The highest BCUT2D eigenvalue weighted by Gasteiger charge is 2.49. The summed E-state index contributed by atoms with van der Waals surface area (Å²) in [7, 11) is 0. The SMILES string of the molecule is C=CC(=O)N1CCC(C(=O)NC(C)C2(O)CN(C(=O)OC(C)(C)C)C2)CC1. The molecule has 0 aliphatic carbocycles. The van der Waals surface area contributed by atoms with Gasteiger partial charge in [-0.1, -0.05) is 6.58 Å². The first-order chi connectivity index (χ1) is 12.4. The highest BCUT2D eigenvalue weighted by atomic mass is 16.6. The third kappa shape index (κ3) is 5.22. The maximum Gasteiger partial charge on any atom is 0.410 e. The lowest BCUT2D eigenvalue weighted by atomic mass is 9.86. The Balaban J connectivity index is 1.79. The second-order valence-electron chi connectivity index (χ2n) is 8.47. The average Bonchev–Trinajstić information content (AvgIpc) is 2.56. The van der Waals surface area contributed by atoms with E-state index >= 15 is 0 Å². The van der Waals surface area contributed by atoms with Gasteiger partial charge in [-0.25, -0.2) is 4.79 Å². The van der Waals surface area contributed by atoms with Crippen LogP contribution in [0.4, 0.5) is 4.79 Å². The van der Waals surface area contributed by atoms with E-state index in [9.17, 15) is 19.5 Å². The molecule has 2 heterocycles. The fourth-order valence-corrected chi connectivity index (χ4v) is 3.30. The van der Waals surface area contributed by atoms with Crippen LogP contribution in [0.15, 0.2) is 12.7 Å². The molecule has 1 atom stereocenters. The second kappa shape index (κ2) is 7.88. The van der Waals surface area contributed by atoms with Crippen molar-refractivity contribution in [1.82, 2.24) is 15.1 Å². The smallest absolute Gasteiger partial charge is 0.410 e. The van der Waals surface area contributed by atoms with Gasteiger partial charge in [-0.05, 0) is 46.6 Å². The molecule has 2 saturated heterocycles. The number of carbonyl (C=O) groups is 3. The Morgan fingerprint density at radius 3 is 2.26 bits per heavy atom. The number of aliphatic hydroxyl groups is 1. The van der Waals surface area contributed by atoms with Crippen molar-refractivity contribution < 1.29 is 24.2 Å². The number of nitrogens with one attached hydrogen (secondary N) is 1. The zero-order valence-corrected chi connectivity index (χ0v) is 16.7. The van der Waals surface area contributed by atoms with Gasteiger partial charge in [0.25, 0.3) is 0 Å². The summed E-state index contributed by atoms with van der Waals surface area (Å²) >= 11 is 0. The fourth-order valence-electron chi connectivity index (χ4n) is 3.30. The summed E-state index contributed by atoms with van der Waals surface area (Å²) in [5, 5.41) is 13.5. The Morgan fingerprint density at radius 1 is 1.22 bits per heavy atom. The van der Waals surface area contributed by atoms with Crippen molar-refractivity contribution in [2.24, 2.45) is 5.92 Å². The van der Waals surface area contributed by atoms with Gasteiger partial charge < -0.3 is 25.0 Å². The molecular weight excluding hydrogens is 350 g/mol. The minimum absolute atomic E-state index is 0.117. The Bertz CT molecular complexity index is 599. The molecule has 0 saturated carbocycles. The number of hydrogen-bond donors (Lipinski definition) is 2. The van der Waals surface area contributed by atoms with Crippen LogP contribution in [0, 0.1) is 5.92 Å². The van der Waals surface area contributed by atoms with Gasteiger partial charge in [0.15, 0.2) is 0 Å². The van der Waals surface area contributed by atoms with Gasteiger partial charge in [-0.2, -0.15) is 0 Å². The van der Waals surface area contributed by atoms with Gasteiger partial charge in [-0.15, -0.1) is 0 Å². The van der Waals surface area contributed by atoms with Crippen molar-refractivity contribution in [3.8, 4) is 0 Å². The van der Waals surface area contributed by atoms with E-state index in [2.05, 4.69) is 11.9 Å². The largest absolute Gasteiger partial charge is 0.444 e. The topological polar surface area (TPSA) is 99.2 Å². The summed E-state index contributed by atoms with van der Waals surface area (Å²) < 4.78 is 5.28. The lowest BCUT2D eigenvalue weighted by Gasteiger charge is -2.49. The molecule has 8 nitrogen and oxygen atoms in total. The first-order valence-electron chi connectivity index (χ1n) is 9.37. The summed E-state index contributed by atoms with van der Waals surface area (Å²) in [5.41, 5.74) is -1.75. The molecule has 3 amide bonds. The molecule has 2 N–H and O–H groups in total. The molecule has 8 heteroatoms. The summed E-state index contributed by atoms with van der Waals surface area (Å²) in [4.78, 5) is 39.2. The molecule has 2 aliphatic heterocycles. The molecule has 2 aliphatic rings. The summed E-state index contributed by atoms with van der Waals surface area (Å²) in [6.07, 6.45) is 1.98. The first-order valence-corrected chi connectivity index (χ1v) is 9.37. The minimum Gasteiger partial charge on any atom is -0.444 e. The highest BCUT2D eigenvalue weighted by molar-refractivity contribution is 5.87. The van der Waals surface area contributed by atoms with Gasteiger partial charge in [0.2, 0.25) is 11.8 Å². The Morgan fingerprint density at radius 2 is 1.78 bits per heavy atom. The fraction of sp³-hybridized carbons (Fsp3) is 0.737. The third-order valence-electron chi connectivity index (χ3n) is 5.10. The number of β-amino-alcohol motifs (C(OH)–C–C–N with tert-alkyl or cyclic N) is 1. The van der Waals surface area contributed by atoms with E-state index < -0.39 is 23.3 Å². The van der Waals surface area contributed by atoms with E-state index in [1.165, 1.54) is 11.0 Å². The molecule has 2 fully saturated rings. The second-order valence-corrected chi connectivity index (χ2v) is 8.47. The minimum atomic E-state index is -1.16. The lowest BCUT2D eigenvalue weighted by molar-refractivity contribution is -0.139. The normalized spacial score (nSPS) is 21.1. The van der Waals surface area contributed by atoms with Gasteiger partial charge in [0, 0.05) is 19.0 Å². The van der Waals surface area contributed by atoms with E-state index in [4.69, 9.17) is 4.74 Å². The third-order valence-corrected chi connectivity index (χ3v) is 5.10. The summed E-state index contributed by atoms with van der Waals surface area (Å²) in [6.45, 7) is 11.9. The van der Waals surface area contributed by atoms with Crippen molar-refractivity contribution in [2.45, 2.75) is 57.8 Å². The first kappa shape index (κ1) is 21.2. The molecule has 0 aromatic rings. The predicted octanol–water partition coefficient (Wildman–Crippen LogP) is 0.898. The Kier molecular flexibility index (Phi) is 6.19. The molecule has 0 aromatic carbocycles. The van der Waals surface area contributed by atoms with Gasteiger partial charge >= 0.3 is 6.09 Å². The monoisotopic (exact) mass is 381 g/mol. The quantitative estimate of drug-likeness (QED) is 0.705.